The van der Waals surface area contributed by atoms with E-state index >= 15 is 4.39 Å². The maximum atomic E-state index is 15.5. The number of Topliss-reactive ketones (excluding diaryl/α,β-unsaturated/α-hetero) is 1. The standard InChI is InChI=1S/C28H24FN5O3/c29-23-13-17(21-7-2-1-4-19(21)14-31-10-11-35)8-9-22(23)25-27(36)26-24(15-32-25)33-16-34(26)20-6-3-5-18(12-20)28(30)37/h1-9,12-13,15-16,25,31,35H,10-11,14H2,(H2,30,37). The third-order valence-electron chi connectivity index (χ3n) is 6.26. The van der Waals surface area contributed by atoms with Crippen molar-refractivity contribution in [2.75, 3.05) is 13.2 Å². The van der Waals surface area contributed by atoms with Gasteiger partial charge in [0, 0.05) is 29.9 Å². The van der Waals surface area contributed by atoms with E-state index in [0.717, 1.165) is 11.1 Å². The molecule has 1 unspecified atom stereocenters. The Balaban J connectivity index is 1.47. The van der Waals surface area contributed by atoms with E-state index in [1.807, 2.05) is 24.3 Å². The molecule has 9 heteroatoms. The van der Waals surface area contributed by atoms with Gasteiger partial charge in [0.15, 0.2) is 0 Å². The van der Waals surface area contributed by atoms with Crippen molar-refractivity contribution in [1.29, 1.82) is 0 Å². The molecule has 0 radical (unpaired) electrons. The first-order valence-electron chi connectivity index (χ1n) is 11.7. The van der Waals surface area contributed by atoms with Gasteiger partial charge in [0.1, 0.15) is 29.6 Å². The summed E-state index contributed by atoms with van der Waals surface area (Å²) in [6, 6.07) is 17.9. The Morgan fingerprint density at radius 2 is 1.95 bits per heavy atom. The third kappa shape index (κ3) is 4.69. The summed E-state index contributed by atoms with van der Waals surface area (Å²) >= 11 is 0. The molecule has 1 aliphatic heterocycles. The highest BCUT2D eigenvalue weighted by Gasteiger charge is 2.32. The van der Waals surface area contributed by atoms with Gasteiger partial charge in [0.05, 0.1) is 12.8 Å². The van der Waals surface area contributed by atoms with E-state index in [9.17, 15) is 9.59 Å². The quantitative estimate of drug-likeness (QED) is 0.323. The maximum Gasteiger partial charge on any atom is 0.248 e. The molecule has 0 aliphatic carbocycles. The number of primary amides is 1. The van der Waals surface area contributed by atoms with Gasteiger partial charge in [-0.05, 0) is 41.0 Å². The SMILES string of the molecule is NC(=O)c1cccc(-n2cnc3c2C(=O)C(c2ccc(-c4ccccc4CNCCO)cc2F)N=C3)c1. The molecule has 4 N–H and O–H groups in total. The van der Waals surface area contributed by atoms with Gasteiger partial charge in [-0.3, -0.25) is 19.1 Å². The lowest BCUT2D eigenvalue weighted by Crippen LogP contribution is -2.21. The fourth-order valence-electron chi connectivity index (χ4n) is 4.44. The monoisotopic (exact) mass is 497 g/mol. The van der Waals surface area contributed by atoms with Gasteiger partial charge in [0.25, 0.3) is 0 Å². The summed E-state index contributed by atoms with van der Waals surface area (Å²) in [7, 11) is 0. The number of aliphatic imine (C=N–C) groups is 1. The summed E-state index contributed by atoms with van der Waals surface area (Å²) in [5.74, 6) is -1.54. The van der Waals surface area contributed by atoms with Crippen molar-refractivity contribution in [3.8, 4) is 16.8 Å². The van der Waals surface area contributed by atoms with Crippen LogP contribution < -0.4 is 11.1 Å². The number of aromatic nitrogens is 2. The number of hydrogen-bond donors (Lipinski definition) is 3. The van der Waals surface area contributed by atoms with Gasteiger partial charge < -0.3 is 16.2 Å². The fraction of sp³-hybridized carbons (Fsp3) is 0.143. The molecule has 5 rings (SSSR count). The van der Waals surface area contributed by atoms with Crippen molar-refractivity contribution < 1.29 is 19.1 Å². The van der Waals surface area contributed by atoms with Gasteiger partial charge in [-0.1, -0.05) is 42.5 Å². The second-order valence-electron chi connectivity index (χ2n) is 8.60. The largest absolute Gasteiger partial charge is 0.395 e. The molecule has 0 fully saturated rings. The Kier molecular flexibility index (Phi) is 6.72. The van der Waals surface area contributed by atoms with Crippen LogP contribution in [0.2, 0.25) is 0 Å². The zero-order chi connectivity index (χ0) is 25.9. The Labute approximate surface area is 212 Å². The van der Waals surface area contributed by atoms with E-state index in [4.69, 9.17) is 10.8 Å². The van der Waals surface area contributed by atoms with Gasteiger partial charge in [-0.15, -0.1) is 0 Å². The van der Waals surface area contributed by atoms with Crippen molar-refractivity contribution >= 4 is 17.9 Å². The van der Waals surface area contributed by atoms with Crippen molar-refractivity contribution in [1.82, 2.24) is 14.9 Å². The number of amides is 1. The number of halogens is 1. The van der Waals surface area contributed by atoms with Crippen LogP contribution in [-0.4, -0.2) is 45.7 Å². The van der Waals surface area contributed by atoms with Gasteiger partial charge in [-0.2, -0.15) is 0 Å². The highest BCUT2D eigenvalue weighted by atomic mass is 19.1. The van der Waals surface area contributed by atoms with Crippen LogP contribution in [0.1, 0.15) is 43.7 Å². The number of fused-ring (bicyclic) bond motifs is 1. The first-order chi connectivity index (χ1) is 18.0. The highest BCUT2D eigenvalue weighted by molar-refractivity contribution is 6.09. The number of ketones is 1. The molecule has 0 bridgehead atoms. The molecule has 1 amide bonds. The van der Waals surface area contributed by atoms with Crippen LogP contribution in [-0.2, 0) is 6.54 Å². The minimum Gasteiger partial charge on any atom is -0.395 e. The topological polar surface area (TPSA) is 123 Å². The van der Waals surface area contributed by atoms with Gasteiger partial charge >= 0.3 is 0 Å². The lowest BCUT2D eigenvalue weighted by atomic mass is 9.93. The molecule has 1 atom stereocenters. The van der Waals surface area contributed by atoms with E-state index in [1.165, 1.54) is 18.6 Å². The molecule has 8 nitrogen and oxygen atoms in total. The van der Waals surface area contributed by atoms with Crippen LogP contribution in [0.5, 0.6) is 0 Å². The van der Waals surface area contributed by atoms with Crippen molar-refractivity contribution in [2.45, 2.75) is 12.6 Å². The van der Waals surface area contributed by atoms with E-state index in [-0.39, 0.29) is 17.9 Å². The zero-order valence-electron chi connectivity index (χ0n) is 19.8. The van der Waals surface area contributed by atoms with Crippen LogP contribution in [0.15, 0.2) is 78.0 Å². The molecule has 1 aliphatic rings. The van der Waals surface area contributed by atoms with Crippen LogP contribution in [0.4, 0.5) is 4.39 Å². The summed E-state index contributed by atoms with van der Waals surface area (Å²) in [5.41, 5.74) is 9.50. The lowest BCUT2D eigenvalue weighted by Gasteiger charge is -2.19. The Morgan fingerprint density at radius 3 is 2.73 bits per heavy atom. The fourth-order valence-corrected chi connectivity index (χ4v) is 4.44. The van der Waals surface area contributed by atoms with Crippen molar-refractivity contribution in [3.63, 3.8) is 0 Å². The number of hydrogen-bond acceptors (Lipinski definition) is 6. The Hall–Kier alpha value is -4.47. The van der Waals surface area contributed by atoms with Crippen molar-refractivity contribution in [2.24, 2.45) is 10.7 Å². The second-order valence-corrected chi connectivity index (χ2v) is 8.60. The molecule has 2 heterocycles. The van der Waals surface area contributed by atoms with Crippen LogP contribution in [0.3, 0.4) is 0 Å². The van der Waals surface area contributed by atoms with Gasteiger partial charge in [0.2, 0.25) is 11.7 Å². The van der Waals surface area contributed by atoms with Crippen molar-refractivity contribution in [3.05, 3.63) is 107 Å². The summed E-state index contributed by atoms with van der Waals surface area (Å²) in [6.07, 6.45) is 2.93. The van der Waals surface area contributed by atoms with Gasteiger partial charge in [-0.25, -0.2) is 9.37 Å². The summed E-state index contributed by atoms with van der Waals surface area (Å²) in [6.45, 7) is 1.00. The molecule has 3 aromatic carbocycles. The normalized spacial score (nSPS) is 14.5. The first kappa shape index (κ1) is 24.2. The molecule has 0 saturated heterocycles. The van der Waals surface area contributed by atoms with E-state index in [1.54, 1.807) is 41.0 Å². The zero-order valence-corrected chi connectivity index (χ0v) is 19.8. The Morgan fingerprint density at radius 1 is 1.11 bits per heavy atom. The molecule has 186 valence electrons. The summed E-state index contributed by atoms with van der Waals surface area (Å²) in [4.78, 5) is 33.7. The third-order valence-corrected chi connectivity index (χ3v) is 6.26. The van der Waals surface area contributed by atoms with Crippen LogP contribution >= 0.6 is 0 Å². The number of carbonyl (C=O) groups is 2. The smallest absolute Gasteiger partial charge is 0.248 e. The van der Waals surface area contributed by atoms with Crippen LogP contribution in [0.25, 0.3) is 16.8 Å². The number of nitrogens with two attached hydrogens (primary N) is 1. The first-order valence-corrected chi connectivity index (χ1v) is 11.7. The number of carbonyl (C=O) groups excluding carboxylic acids is 2. The number of aliphatic hydroxyl groups is 1. The number of nitrogens with zero attached hydrogens (tertiary/aromatic N) is 3. The molecule has 4 aromatic rings. The molecular weight excluding hydrogens is 473 g/mol. The summed E-state index contributed by atoms with van der Waals surface area (Å²) in [5, 5.41) is 12.2. The predicted molar refractivity (Wildman–Crippen MR) is 137 cm³/mol. The number of imidazole rings is 1. The Bertz CT molecular complexity index is 1530. The second kappa shape index (κ2) is 10.3. The average Bonchev–Trinajstić information content (AvgIpc) is 3.35. The molecule has 0 spiro atoms. The minimum absolute atomic E-state index is 0.0264. The number of aliphatic hydroxyl groups excluding tert-OH is 1. The molecular formula is C28H24FN5O3. The highest BCUT2D eigenvalue weighted by Crippen LogP contribution is 2.33. The molecule has 1 aromatic heterocycles. The predicted octanol–water partition coefficient (Wildman–Crippen LogP) is 3.22. The maximum absolute atomic E-state index is 15.5. The number of rotatable bonds is 8. The van der Waals surface area contributed by atoms with E-state index < -0.39 is 23.5 Å². The van der Waals surface area contributed by atoms with E-state index in [0.29, 0.717) is 35.6 Å². The molecule has 37 heavy (non-hydrogen) atoms. The minimum atomic E-state index is -1.07. The number of benzene rings is 3. The molecule has 0 saturated carbocycles. The summed E-state index contributed by atoms with van der Waals surface area (Å²) < 4.78 is 17.0. The van der Waals surface area contributed by atoms with E-state index in [2.05, 4.69) is 15.3 Å². The number of nitrogens with one attached hydrogen (secondary N) is 1. The average molecular weight is 498 g/mol. The lowest BCUT2D eigenvalue weighted by molar-refractivity contribution is 0.0951. The van der Waals surface area contributed by atoms with Crippen LogP contribution in [0, 0.1) is 5.82 Å².